The summed E-state index contributed by atoms with van der Waals surface area (Å²) in [5.74, 6) is -0.979. The lowest BCUT2D eigenvalue weighted by Gasteiger charge is -2.42. The highest BCUT2D eigenvalue weighted by molar-refractivity contribution is 6.02. The molecule has 5 rings (SSSR count). The van der Waals surface area contributed by atoms with Crippen LogP contribution in [0, 0.1) is 11.2 Å². The van der Waals surface area contributed by atoms with E-state index >= 15 is 0 Å². The molecule has 3 N–H and O–H groups in total. The van der Waals surface area contributed by atoms with Gasteiger partial charge in [-0.25, -0.2) is 9.18 Å². The second kappa shape index (κ2) is 10.7. The normalized spacial score (nSPS) is 17.0. The fraction of sp³-hybridized carbons (Fsp3) is 0.441. The zero-order valence-corrected chi connectivity index (χ0v) is 25.1. The van der Waals surface area contributed by atoms with Crippen LogP contribution in [0.1, 0.15) is 65.5 Å². The van der Waals surface area contributed by atoms with Crippen LogP contribution in [0.3, 0.4) is 0 Å². The minimum atomic E-state index is -0.641. The van der Waals surface area contributed by atoms with Crippen LogP contribution in [0.5, 0.6) is 5.75 Å². The molecule has 2 heterocycles. The van der Waals surface area contributed by atoms with E-state index in [1.54, 1.807) is 0 Å². The number of carbonyl (C=O) groups excluding carboxylic acids is 1. The van der Waals surface area contributed by atoms with E-state index in [0.717, 1.165) is 43.7 Å². The van der Waals surface area contributed by atoms with Crippen LogP contribution in [0.4, 0.5) is 31.9 Å². The van der Waals surface area contributed by atoms with E-state index in [1.807, 2.05) is 59.5 Å². The van der Waals surface area contributed by atoms with Gasteiger partial charge < -0.3 is 25.5 Å². The van der Waals surface area contributed by atoms with Gasteiger partial charge in [0.2, 0.25) is 0 Å². The van der Waals surface area contributed by atoms with E-state index in [-0.39, 0.29) is 28.0 Å². The fourth-order valence-corrected chi connectivity index (χ4v) is 6.32. The molecule has 0 radical (unpaired) electrons. The molecule has 1 saturated heterocycles. The van der Waals surface area contributed by atoms with Gasteiger partial charge in [0.15, 0.2) is 11.6 Å². The molecule has 3 aromatic carbocycles. The molecular formula is C34H43FN4O2. The summed E-state index contributed by atoms with van der Waals surface area (Å²) in [5.41, 5.74) is 4.70. The number of likely N-dealkylation sites (tertiary alicyclic amines) is 1. The number of rotatable bonds is 4. The summed E-state index contributed by atoms with van der Waals surface area (Å²) in [6.45, 7) is 16.7. The summed E-state index contributed by atoms with van der Waals surface area (Å²) in [7, 11) is 0. The highest BCUT2D eigenvalue weighted by atomic mass is 19.1. The largest absolute Gasteiger partial charge is 0.503 e. The number of phenols is 1. The number of nitrogens with one attached hydrogen (secondary N) is 2. The Kier molecular flexibility index (Phi) is 7.53. The van der Waals surface area contributed by atoms with Crippen LogP contribution >= 0.6 is 0 Å². The van der Waals surface area contributed by atoms with Gasteiger partial charge in [-0.15, -0.1) is 0 Å². The lowest BCUT2D eigenvalue weighted by molar-refractivity contribution is 0.125. The topological polar surface area (TPSA) is 67.8 Å². The van der Waals surface area contributed by atoms with Crippen molar-refractivity contribution < 1.29 is 14.3 Å². The minimum absolute atomic E-state index is 0.0252. The second-order valence-corrected chi connectivity index (χ2v) is 13.9. The van der Waals surface area contributed by atoms with Crippen molar-refractivity contribution in [2.45, 2.75) is 65.2 Å². The number of nitrogens with zero attached hydrogens (tertiary/aromatic N) is 2. The molecule has 0 aliphatic carbocycles. The Morgan fingerprint density at radius 1 is 0.927 bits per heavy atom. The van der Waals surface area contributed by atoms with Gasteiger partial charge in [0.25, 0.3) is 0 Å². The Bertz CT molecular complexity index is 1410. The van der Waals surface area contributed by atoms with Crippen molar-refractivity contribution in [3.05, 3.63) is 77.6 Å². The third kappa shape index (κ3) is 6.05. The van der Waals surface area contributed by atoms with Gasteiger partial charge in [-0.1, -0.05) is 71.9 Å². The van der Waals surface area contributed by atoms with E-state index in [9.17, 15) is 14.3 Å². The Balaban J connectivity index is 1.40. The van der Waals surface area contributed by atoms with Gasteiger partial charge in [0, 0.05) is 24.2 Å². The van der Waals surface area contributed by atoms with Crippen molar-refractivity contribution in [3.8, 4) is 5.75 Å². The number of anilines is 4. The average molecular weight is 559 g/mol. The summed E-state index contributed by atoms with van der Waals surface area (Å²) in [5, 5.41) is 16.9. The number of halogens is 1. The van der Waals surface area contributed by atoms with Gasteiger partial charge in [-0.3, -0.25) is 0 Å². The molecule has 1 fully saturated rings. The fourth-order valence-electron chi connectivity index (χ4n) is 6.32. The van der Waals surface area contributed by atoms with Crippen LogP contribution in [0.15, 0.2) is 60.7 Å². The SMILES string of the molecule is CC(C)(C)CN1CCC2(CC1)CN(c1ccccc1NC(=O)Nc1ccc(C(C)(C)C)cc1)c1c2ccc(F)c1O. The number of urea groups is 1. The summed E-state index contributed by atoms with van der Waals surface area (Å²) in [4.78, 5) is 17.6. The first kappa shape index (κ1) is 28.9. The van der Waals surface area contributed by atoms with Gasteiger partial charge >= 0.3 is 6.03 Å². The summed E-state index contributed by atoms with van der Waals surface area (Å²) >= 11 is 0. The Morgan fingerprint density at radius 2 is 1.59 bits per heavy atom. The summed E-state index contributed by atoms with van der Waals surface area (Å²) in [6.07, 6.45) is 1.83. The molecule has 0 unspecified atom stereocenters. The molecule has 0 saturated carbocycles. The zero-order valence-electron chi connectivity index (χ0n) is 25.1. The molecule has 218 valence electrons. The van der Waals surface area contributed by atoms with Gasteiger partial charge in [-0.2, -0.15) is 0 Å². The number of benzene rings is 3. The van der Waals surface area contributed by atoms with E-state index in [4.69, 9.17) is 0 Å². The summed E-state index contributed by atoms with van der Waals surface area (Å²) in [6, 6.07) is 18.2. The Morgan fingerprint density at radius 3 is 2.22 bits per heavy atom. The zero-order chi connectivity index (χ0) is 29.6. The lowest BCUT2D eigenvalue weighted by Crippen LogP contribution is -2.46. The van der Waals surface area contributed by atoms with Crippen molar-refractivity contribution in [3.63, 3.8) is 0 Å². The Labute approximate surface area is 243 Å². The molecule has 0 bridgehead atoms. The smallest absolute Gasteiger partial charge is 0.323 e. The molecular weight excluding hydrogens is 515 g/mol. The molecule has 2 aliphatic heterocycles. The van der Waals surface area contributed by atoms with Crippen molar-refractivity contribution in [1.29, 1.82) is 0 Å². The average Bonchev–Trinajstić information content (AvgIpc) is 3.21. The standard InChI is InChI=1S/C34H43FN4O2/c1-32(2,3)21-38-19-17-34(18-20-38)22-39(29-25(34)15-16-26(35)30(29)40)28-10-8-7-9-27(28)37-31(41)36-24-13-11-23(12-14-24)33(4,5)6/h7-16,40H,17-22H2,1-6H3,(H2,36,37,41). The first-order valence-corrected chi connectivity index (χ1v) is 14.6. The molecule has 7 heteroatoms. The molecule has 6 nitrogen and oxygen atoms in total. The van der Waals surface area contributed by atoms with E-state index in [1.165, 1.54) is 11.6 Å². The van der Waals surface area contributed by atoms with Crippen molar-refractivity contribution in [1.82, 2.24) is 4.90 Å². The van der Waals surface area contributed by atoms with Crippen LogP contribution in [0.25, 0.3) is 0 Å². The molecule has 1 spiro atoms. The van der Waals surface area contributed by atoms with E-state index in [0.29, 0.717) is 23.6 Å². The van der Waals surface area contributed by atoms with Crippen molar-refractivity contribution >= 4 is 28.8 Å². The van der Waals surface area contributed by atoms with Crippen LogP contribution in [-0.2, 0) is 10.8 Å². The van der Waals surface area contributed by atoms with Crippen LogP contribution in [-0.4, -0.2) is 42.2 Å². The van der Waals surface area contributed by atoms with Crippen molar-refractivity contribution in [2.24, 2.45) is 5.41 Å². The highest BCUT2D eigenvalue weighted by Gasteiger charge is 2.47. The van der Waals surface area contributed by atoms with Crippen LogP contribution < -0.4 is 15.5 Å². The number of aromatic hydroxyl groups is 1. The first-order chi connectivity index (χ1) is 19.3. The monoisotopic (exact) mass is 558 g/mol. The van der Waals surface area contributed by atoms with Crippen molar-refractivity contribution in [2.75, 3.05) is 41.7 Å². The van der Waals surface area contributed by atoms with E-state index < -0.39 is 5.82 Å². The van der Waals surface area contributed by atoms with Crippen LogP contribution in [0.2, 0.25) is 0 Å². The third-order valence-electron chi connectivity index (χ3n) is 8.37. The lowest BCUT2D eigenvalue weighted by atomic mass is 9.74. The predicted octanol–water partition coefficient (Wildman–Crippen LogP) is 8.00. The second-order valence-electron chi connectivity index (χ2n) is 13.9. The molecule has 2 amide bonds. The maximum absolute atomic E-state index is 14.8. The Hall–Kier alpha value is -3.58. The number of piperidine rings is 1. The molecule has 3 aromatic rings. The number of fused-ring (bicyclic) bond motifs is 2. The summed E-state index contributed by atoms with van der Waals surface area (Å²) < 4.78 is 14.8. The quantitative estimate of drug-likeness (QED) is 0.303. The molecule has 0 atom stereocenters. The predicted molar refractivity (Wildman–Crippen MR) is 166 cm³/mol. The number of amides is 2. The third-order valence-corrected chi connectivity index (χ3v) is 8.37. The van der Waals surface area contributed by atoms with Gasteiger partial charge in [-0.05, 0) is 78.2 Å². The van der Waals surface area contributed by atoms with Gasteiger partial charge in [0.1, 0.15) is 0 Å². The first-order valence-electron chi connectivity index (χ1n) is 14.6. The maximum atomic E-state index is 14.8. The van der Waals surface area contributed by atoms with Gasteiger partial charge in [0.05, 0.1) is 17.1 Å². The number of hydrogen-bond acceptors (Lipinski definition) is 4. The minimum Gasteiger partial charge on any atom is -0.503 e. The maximum Gasteiger partial charge on any atom is 0.323 e. The molecule has 2 aliphatic rings. The molecule has 0 aromatic heterocycles. The van der Waals surface area contributed by atoms with E-state index in [2.05, 4.69) is 57.1 Å². The number of hydrogen-bond donors (Lipinski definition) is 3. The number of para-hydroxylation sites is 2. The number of phenolic OH excluding ortho intramolecular Hbond substituents is 1. The molecule has 41 heavy (non-hydrogen) atoms. The number of carbonyl (C=O) groups is 1. The highest BCUT2D eigenvalue weighted by Crippen LogP contribution is 2.54.